The number of carbonyl (C=O) groups is 1. The molecule has 0 radical (unpaired) electrons. The summed E-state index contributed by atoms with van der Waals surface area (Å²) >= 11 is 0. The number of Topliss-reactive ketones (excluding diaryl/α,β-unsaturated/α-hetero) is 1. The van der Waals surface area contributed by atoms with Gasteiger partial charge in [0.1, 0.15) is 5.71 Å². The molecule has 4 aromatic rings. The van der Waals surface area contributed by atoms with Gasteiger partial charge in [-0.2, -0.15) is 0 Å². The van der Waals surface area contributed by atoms with Gasteiger partial charge in [-0.1, -0.05) is 78.9 Å². The van der Waals surface area contributed by atoms with Gasteiger partial charge in [0.2, 0.25) is 0 Å². The van der Waals surface area contributed by atoms with Crippen molar-refractivity contribution < 1.29 is 4.79 Å². The molecule has 0 aromatic heterocycles. The monoisotopic (exact) mass is 513 g/mol. The lowest BCUT2D eigenvalue weighted by Crippen LogP contribution is -2.20. The number of aliphatic imine (C=N–C) groups is 3. The lowest BCUT2D eigenvalue weighted by molar-refractivity contribution is 0.101. The summed E-state index contributed by atoms with van der Waals surface area (Å²) in [6.45, 7) is 13.9. The molecule has 0 bridgehead atoms. The maximum atomic E-state index is 12.8. The van der Waals surface area contributed by atoms with E-state index in [9.17, 15) is 4.79 Å². The Bertz CT molecular complexity index is 1580. The molecule has 0 heterocycles. The molecule has 0 fully saturated rings. The topological polar surface area (TPSA) is 54.1 Å². The van der Waals surface area contributed by atoms with E-state index in [1.807, 2.05) is 68.4 Å². The first kappa shape index (κ1) is 27.6. The summed E-state index contributed by atoms with van der Waals surface area (Å²) in [5, 5.41) is 0. The molecule has 0 spiro atoms. The number of para-hydroxylation sites is 3. The Hall–Kier alpha value is -4.44. The van der Waals surface area contributed by atoms with Crippen molar-refractivity contribution in [2.24, 2.45) is 15.0 Å². The van der Waals surface area contributed by atoms with Crippen LogP contribution in [-0.4, -0.2) is 23.4 Å². The van der Waals surface area contributed by atoms with Crippen LogP contribution in [-0.2, 0) is 0 Å². The van der Waals surface area contributed by atoms with Crippen LogP contribution in [0.1, 0.15) is 56.2 Å². The van der Waals surface area contributed by atoms with E-state index in [4.69, 9.17) is 15.0 Å². The Morgan fingerprint density at radius 2 is 0.949 bits per heavy atom. The maximum absolute atomic E-state index is 12.8. The number of benzene rings is 4. The van der Waals surface area contributed by atoms with Crippen molar-refractivity contribution >= 4 is 40.5 Å². The fraction of sp³-hybridized carbons (Fsp3) is 0.200. The summed E-state index contributed by atoms with van der Waals surface area (Å²) in [4.78, 5) is 28.1. The molecular formula is C35H35N3O. The van der Waals surface area contributed by atoms with Crippen LogP contribution in [0.15, 0.2) is 93.8 Å². The predicted octanol–water partition coefficient (Wildman–Crippen LogP) is 9.04. The van der Waals surface area contributed by atoms with Crippen LogP contribution in [0.25, 0.3) is 0 Å². The minimum Gasteiger partial charge on any atom is -0.294 e. The van der Waals surface area contributed by atoms with Gasteiger partial charge in [-0.3, -0.25) is 9.79 Å². The maximum Gasteiger partial charge on any atom is 0.160 e. The second kappa shape index (κ2) is 12.0. The highest BCUT2D eigenvalue weighted by molar-refractivity contribution is 6.67. The van der Waals surface area contributed by atoms with E-state index in [0.29, 0.717) is 17.0 Å². The highest BCUT2D eigenvalue weighted by Gasteiger charge is 2.19. The van der Waals surface area contributed by atoms with E-state index in [1.165, 1.54) is 0 Å². The average Bonchev–Trinajstić information content (AvgIpc) is 2.89. The number of hydrogen-bond donors (Lipinski definition) is 0. The van der Waals surface area contributed by atoms with E-state index in [1.54, 1.807) is 13.1 Å². The van der Waals surface area contributed by atoms with Gasteiger partial charge in [0.05, 0.1) is 29.0 Å². The van der Waals surface area contributed by atoms with Crippen LogP contribution in [0.2, 0.25) is 0 Å². The number of aryl methyl sites for hydroxylation is 6. The van der Waals surface area contributed by atoms with Gasteiger partial charge in [-0.05, 0) is 81.8 Å². The minimum atomic E-state index is -0.0297. The molecule has 4 nitrogen and oxygen atoms in total. The zero-order valence-corrected chi connectivity index (χ0v) is 23.8. The SMILES string of the molecule is CC(=O)c1ccccc1C(=Nc1c(C)cccc1C)C(C=Nc1c(C)cccc1C)=Nc1c(C)cccc1C. The molecule has 4 rings (SSSR count). The first-order valence-corrected chi connectivity index (χ1v) is 13.2. The van der Waals surface area contributed by atoms with E-state index < -0.39 is 0 Å². The molecular weight excluding hydrogens is 478 g/mol. The Kier molecular flexibility index (Phi) is 8.46. The number of nitrogens with zero attached hydrogens (tertiary/aromatic N) is 3. The van der Waals surface area contributed by atoms with Gasteiger partial charge in [0.25, 0.3) is 0 Å². The Labute approximate surface area is 231 Å². The lowest BCUT2D eigenvalue weighted by atomic mass is 9.96. The van der Waals surface area contributed by atoms with Crippen LogP contribution < -0.4 is 0 Å². The highest BCUT2D eigenvalue weighted by atomic mass is 16.1. The summed E-state index contributed by atoms with van der Waals surface area (Å²) in [6, 6.07) is 26.0. The summed E-state index contributed by atoms with van der Waals surface area (Å²) in [5.41, 5.74) is 11.5. The summed E-state index contributed by atoms with van der Waals surface area (Å²) < 4.78 is 0. The van der Waals surface area contributed by atoms with E-state index in [-0.39, 0.29) is 5.78 Å². The molecule has 4 heteroatoms. The van der Waals surface area contributed by atoms with Crippen molar-refractivity contribution in [3.8, 4) is 0 Å². The van der Waals surface area contributed by atoms with Gasteiger partial charge in [-0.15, -0.1) is 0 Å². The second-order valence-corrected chi connectivity index (χ2v) is 10.0. The Morgan fingerprint density at radius 1 is 0.538 bits per heavy atom. The van der Waals surface area contributed by atoms with Crippen molar-refractivity contribution in [1.29, 1.82) is 0 Å². The smallest absolute Gasteiger partial charge is 0.160 e. The van der Waals surface area contributed by atoms with Gasteiger partial charge in [-0.25, -0.2) is 9.98 Å². The van der Waals surface area contributed by atoms with Crippen molar-refractivity contribution in [2.45, 2.75) is 48.5 Å². The van der Waals surface area contributed by atoms with E-state index in [0.717, 1.165) is 56.0 Å². The highest BCUT2D eigenvalue weighted by Crippen LogP contribution is 2.29. The molecule has 0 aliphatic heterocycles. The van der Waals surface area contributed by atoms with Crippen LogP contribution in [0.4, 0.5) is 17.1 Å². The Balaban J connectivity index is 2.09. The van der Waals surface area contributed by atoms with Crippen LogP contribution in [0, 0.1) is 41.5 Å². The third kappa shape index (κ3) is 6.18. The zero-order chi connectivity index (χ0) is 28.1. The number of rotatable bonds is 7. The minimum absolute atomic E-state index is 0.0297. The fourth-order valence-corrected chi connectivity index (χ4v) is 4.73. The number of ketones is 1. The molecule has 39 heavy (non-hydrogen) atoms. The molecule has 0 N–H and O–H groups in total. The second-order valence-electron chi connectivity index (χ2n) is 10.0. The Morgan fingerprint density at radius 3 is 1.41 bits per heavy atom. The third-order valence-electron chi connectivity index (χ3n) is 6.89. The molecule has 0 saturated carbocycles. The zero-order valence-electron chi connectivity index (χ0n) is 23.8. The molecule has 0 aliphatic carbocycles. The van der Waals surface area contributed by atoms with Gasteiger partial charge in [0, 0.05) is 11.1 Å². The molecule has 0 atom stereocenters. The van der Waals surface area contributed by atoms with Crippen molar-refractivity contribution in [1.82, 2.24) is 0 Å². The van der Waals surface area contributed by atoms with Crippen LogP contribution >= 0.6 is 0 Å². The standard InChI is InChI=1S/C35H35N3O/c1-22-13-10-14-23(2)32(22)36-21-31(37-33-24(3)15-11-16-25(33)4)35(30-20-9-8-19-29(30)28(7)39)38-34-26(5)17-12-18-27(34)6/h8-21H,1-7H3. The third-order valence-corrected chi connectivity index (χ3v) is 6.89. The number of hydrogen-bond acceptors (Lipinski definition) is 4. The average molecular weight is 514 g/mol. The fourth-order valence-electron chi connectivity index (χ4n) is 4.73. The summed E-state index contributed by atoms with van der Waals surface area (Å²) in [7, 11) is 0. The summed E-state index contributed by atoms with van der Waals surface area (Å²) in [5.74, 6) is -0.0297. The largest absolute Gasteiger partial charge is 0.294 e. The molecule has 0 amide bonds. The van der Waals surface area contributed by atoms with Crippen LogP contribution in [0.3, 0.4) is 0 Å². The summed E-state index contributed by atoms with van der Waals surface area (Å²) in [6.07, 6.45) is 1.80. The normalized spacial score (nSPS) is 12.3. The quantitative estimate of drug-likeness (QED) is 0.180. The van der Waals surface area contributed by atoms with Gasteiger partial charge in [0.15, 0.2) is 5.78 Å². The van der Waals surface area contributed by atoms with E-state index in [2.05, 4.69) is 52.0 Å². The molecule has 0 saturated heterocycles. The molecule has 4 aromatic carbocycles. The van der Waals surface area contributed by atoms with Crippen molar-refractivity contribution in [2.75, 3.05) is 0 Å². The van der Waals surface area contributed by atoms with Gasteiger partial charge < -0.3 is 0 Å². The first-order chi connectivity index (χ1) is 18.7. The molecule has 0 unspecified atom stereocenters. The van der Waals surface area contributed by atoms with Crippen LogP contribution in [0.5, 0.6) is 0 Å². The molecule has 196 valence electrons. The predicted molar refractivity (Wildman–Crippen MR) is 166 cm³/mol. The lowest BCUT2D eigenvalue weighted by Gasteiger charge is -2.15. The number of carbonyl (C=O) groups excluding carboxylic acids is 1. The van der Waals surface area contributed by atoms with Gasteiger partial charge >= 0.3 is 0 Å². The van der Waals surface area contributed by atoms with Crippen molar-refractivity contribution in [3.05, 3.63) is 123 Å². The molecule has 0 aliphatic rings. The first-order valence-electron chi connectivity index (χ1n) is 13.2. The van der Waals surface area contributed by atoms with E-state index >= 15 is 0 Å². The van der Waals surface area contributed by atoms with Crippen molar-refractivity contribution in [3.63, 3.8) is 0 Å².